The van der Waals surface area contributed by atoms with Crippen molar-refractivity contribution in [3.05, 3.63) is 33.5 Å². The van der Waals surface area contributed by atoms with Crippen LogP contribution in [0.25, 0.3) is 0 Å². The molecule has 0 aliphatic carbocycles. The van der Waals surface area contributed by atoms with Gasteiger partial charge in [0.05, 0.1) is 18.4 Å². The van der Waals surface area contributed by atoms with E-state index in [1.165, 1.54) is 10.4 Å². The second kappa shape index (κ2) is 6.30. The molecule has 2 heterocycles. The van der Waals surface area contributed by atoms with Gasteiger partial charge >= 0.3 is 0 Å². The van der Waals surface area contributed by atoms with Gasteiger partial charge in [-0.3, -0.25) is 4.68 Å². The monoisotopic (exact) mass is 278 g/mol. The first-order valence-electron chi connectivity index (χ1n) is 6.69. The molecule has 0 spiro atoms. The highest BCUT2D eigenvalue weighted by atomic mass is 32.1. The average Bonchev–Trinajstić information content (AvgIpc) is 2.87. The van der Waals surface area contributed by atoms with Crippen LogP contribution < -0.4 is 5.32 Å². The number of nitrogens with one attached hydrogen (secondary N) is 1. The number of aryl methyl sites for hydroxylation is 2. The fraction of sp³-hybridized carbons (Fsp3) is 0.571. The van der Waals surface area contributed by atoms with Crippen LogP contribution in [0.4, 0.5) is 0 Å². The zero-order valence-electron chi connectivity index (χ0n) is 12.1. The van der Waals surface area contributed by atoms with E-state index in [0.29, 0.717) is 5.92 Å². The molecular weight excluding hydrogens is 256 g/mol. The average molecular weight is 278 g/mol. The van der Waals surface area contributed by atoms with Crippen molar-refractivity contribution in [1.29, 1.82) is 0 Å². The van der Waals surface area contributed by atoms with Crippen molar-refractivity contribution in [2.45, 2.75) is 40.8 Å². The summed E-state index contributed by atoms with van der Waals surface area (Å²) in [6.45, 7) is 11.3. The van der Waals surface area contributed by atoms with Crippen molar-refractivity contribution in [2.75, 3.05) is 6.54 Å². The predicted molar refractivity (Wildman–Crippen MR) is 79.5 cm³/mol. The fourth-order valence-electron chi connectivity index (χ4n) is 1.83. The van der Waals surface area contributed by atoms with E-state index < -0.39 is 0 Å². The standard InChI is InChI=1S/C14H22N4S/c1-10(2)5-15-6-13-7-16-18(8-13)9-14-17-11(3)12(4)19-14/h7-8,10,15H,5-6,9H2,1-4H3. The zero-order chi connectivity index (χ0) is 13.8. The maximum atomic E-state index is 4.54. The molecule has 104 valence electrons. The molecule has 0 amide bonds. The van der Waals surface area contributed by atoms with Crippen LogP contribution in [0.1, 0.15) is 35.0 Å². The summed E-state index contributed by atoms with van der Waals surface area (Å²) in [5.74, 6) is 0.677. The first-order chi connectivity index (χ1) is 9.04. The molecule has 0 saturated heterocycles. The molecule has 0 aliphatic heterocycles. The van der Waals surface area contributed by atoms with Gasteiger partial charge in [-0.05, 0) is 26.3 Å². The third-order valence-corrected chi connectivity index (χ3v) is 4.00. The molecule has 0 aliphatic rings. The van der Waals surface area contributed by atoms with Gasteiger partial charge in [-0.25, -0.2) is 4.98 Å². The third-order valence-electron chi connectivity index (χ3n) is 2.94. The Hall–Kier alpha value is -1.20. The molecule has 5 heteroatoms. The lowest BCUT2D eigenvalue weighted by molar-refractivity contribution is 0.552. The predicted octanol–water partition coefficient (Wildman–Crippen LogP) is 2.75. The van der Waals surface area contributed by atoms with Crippen LogP contribution in [0.2, 0.25) is 0 Å². The van der Waals surface area contributed by atoms with Gasteiger partial charge in [0.25, 0.3) is 0 Å². The smallest absolute Gasteiger partial charge is 0.115 e. The maximum Gasteiger partial charge on any atom is 0.115 e. The van der Waals surface area contributed by atoms with Gasteiger partial charge in [0.2, 0.25) is 0 Å². The molecular formula is C14H22N4S. The number of hydrogen-bond acceptors (Lipinski definition) is 4. The lowest BCUT2D eigenvalue weighted by Crippen LogP contribution is -2.18. The molecule has 4 nitrogen and oxygen atoms in total. The minimum atomic E-state index is 0.677. The van der Waals surface area contributed by atoms with E-state index in [9.17, 15) is 0 Å². The van der Waals surface area contributed by atoms with Crippen molar-refractivity contribution in [3.8, 4) is 0 Å². The molecule has 0 fully saturated rings. The van der Waals surface area contributed by atoms with E-state index in [0.717, 1.165) is 30.3 Å². The van der Waals surface area contributed by atoms with Crippen LogP contribution in [-0.2, 0) is 13.1 Å². The topological polar surface area (TPSA) is 42.7 Å². The summed E-state index contributed by atoms with van der Waals surface area (Å²) in [5, 5.41) is 8.94. The Morgan fingerprint density at radius 1 is 1.37 bits per heavy atom. The molecule has 2 aromatic heterocycles. The Bertz CT molecular complexity index is 508. The fourth-order valence-corrected chi connectivity index (χ4v) is 2.76. The molecule has 0 unspecified atom stereocenters. The van der Waals surface area contributed by atoms with E-state index in [1.807, 2.05) is 10.9 Å². The molecule has 2 rings (SSSR count). The van der Waals surface area contributed by atoms with Crippen LogP contribution >= 0.6 is 11.3 Å². The van der Waals surface area contributed by atoms with Gasteiger partial charge in [-0.15, -0.1) is 11.3 Å². The summed E-state index contributed by atoms with van der Waals surface area (Å²) in [5.41, 5.74) is 2.36. The summed E-state index contributed by atoms with van der Waals surface area (Å²) >= 11 is 1.75. The van der Waals surface area contributed by atoms with Crippen LogP contribution in [0.15, 0.2) is 12.4 Å². The Morgan fingerprint density at radius 3 is 2.79 bits per heavy atom. The summed E-state index contributed by atoms with van der Waals surface area (Å²) in [7, 11) is 0. The number of rotatable bonds is 6. The molecule has 0 atom stereocenters. The molecule has 1 N–H and O–H groups in total. The highest BCUT2D eigenvalue weighted by molar-refractivity contribution is 7.11. The van der Waals surface area contributed by atoms with Crippen LogP contribution in [-0.4, -0.2) is 21.3 Å². The summed E-state index contributed by atoms with van der Waals surface area (Å²) in [6.07, 6.45) is 4.03. The van der Waals surface area contributed by atoms with Crippen molar-refractivity contribution in [3.63, 3.8) is 0 Å². The van der Waals surface area contributed by atoms with Crippen molar-refractivity contribution in [1.82, 2.24) is 20.1 Å². The summed E-state index contributed by atoms with van der Waals surface area (Å²) in [4.78, 5) is 5.83. The Labute approximate surface area is 118 Å². The van der Waals surface area contributed by atoms with Gasteiger partial charge in [0.15, 0.2) is 0 Å². The van der Waals surface area contributed by atoms with Crippen LogP contribution in [0.5, 0.6) is 0 Å². The van der Waals surface area contributed by atoms with Crippen molar-refractivity contribution >= 4 is 11.3 Å². The van der Waals surface area contributed by atoms with Crippen molar-refractivity contribution in [2.24, 2.45) is 5.92 Å². The number of aromatic nitrogens is 3. The highest BCUT2D eigenvalue weighted by Crippen LogP contribution is 2.17. The zero-order valence-corrected chi connectivity index (χ0v) is 12.9. The van der Waals surface area contributed by atoms with Gasteiger partial charge in [-0.1, -0.05) is 13.8 Å². The Balaban J connectivity index is 1.90. The van der Waals surface area contributed by atoms with Crippen molar-refractivity contribution < 1.29 is 0 Å². The molecule has 2 aromatic rings. The second-order valence-electron chi connectivity index (χ2n) is 5.32. The first kappa shape index (κ1) is 14.2. The van der Waals surface area contributed by atoms with Gasteiger partial charge in [-0.2, -0.15) is 5.10 Å². The van der Waals surface area contributed by atoms with E-state index in [2.05, 4.69) is 49.3 Å². The lowest BCUT2D eigenvalue weighted by Gasteiger charge is -2.05. The lowest BCUT2D eigenvalue weighted by atomic mass is 10.2. The molecule has 19 heavy (non-hydrogen) atoms. The molecule has 0 saturated carbocycles. The Kier molecular flexibility index (Phi) is 4.71. The largest absolute Gasteiger partial charge is 0.312 e. The minimum Gasteiger partial charge on any atom is -0.312 e. The van der Waals surface area contributed by atoms with Gasteiger partial charge in [0, 0.05) is 23.2 Å². The SMILES string of the molecule is Cc1nc(Cn2cc(CNCC(C)C)cn2)sc1C. The van der Waals surface area contributed by atoms with Gasteiger partial charge in [0.1, 0.15) is 5.01 Å². The number of thiazole rings is 1. The first-order valence-corrected chi connectivity index (χ1v) is 7.51. The quantitative estimate of drug-likeness (QED) is 0.883. The van der Waals surface area contributed by atoms with Gasteiger partial charge < -0.3 is 5.32 Å². The highest BCUT2D eigenvalue weighted by Gasteiger charge is 2.05. The number of hydrogen-bond donors (Lipinski definition) is 1. The molecule has 0 bridgehead atoms. The molecule has 0 aromatic carbocycles. The Morgan fingerprint density at radius 2 is 2.16 bits per heavy atom. The van der Waals surface area contributed by atoms with E-state index in [-0.39, 0.29) is 0 Å². The van der Waals surface area contributed by atoms with Crippen LogP contribution in [0, 0.1) is 19.8 Å². The van der Waals surface area contributed by atoms with E-state index in [1.54, 1.807) is 11.3 Å². The summed E-state index contributed by atoms with van der Waals surface area (Å²) < 4.78 is 1.96. The second-order valence-corrected chi connectivity index (χ2v) is 6.61. The van der Waals surface area contributed by atoms with Crippen LogP contribution in [0.3, 0.4) is 0 Å². The minimum absolute atomic E-state index is 0.677. The number of nitrogens with zero attached hydrogens (tertiary/aromatic N) is 3. The third kappa shape index (κ3) is 4.14. The van der Waals surface area contributed by atoms with E-state index in [4.69, 9.17) is 0 Å². The maximum absolute atomic E-state index is 4.54. The summed E-state index contributed by atoms with van der Waals surface area (Å²) in [6, 6.07) is 0. The van der Waals surface area contributed by atoms with E-state index >= 15 is 0 Å². The normalized spacial score (nSPS) is 11.4. The molecule has 0 radical (unpaired) electrons.